The highest BCUT2D eigenvalue weighted by Gasteiger charge is 2.08. The van der Waals surface area contributed by atoms with Gasteiger partial charge in [-0.1, -0.05) is 48.5 Å². The van der Waals surface area contributed by atoms with Crippen LogP contribution in [-0.4, -0.2) is 94.8 Å². The summed E-state index contributed by atoms with van der Waals surface area (Å²) in [7, 11) is 0. The van der Waals surface area contributed by atoms with Gasteiger partial charge in [-0.15, -0.1) is 0 Å². The SMILES string of the molecule is [2H]C([2H])([2H])NC([2H])([2H])[C@@H](O)c1cccc(O)c1.[2H]C([2H])([2H])NC([2H])([2H])[C@@]([2H])(O)c1cccc(O)c1.[2H]C([2H])([2H])NC[C@@H](O)c1cccc(O)c1.[2H]C([2H])([2H])NC[C@@]([2H])(O)c1cccc(O)c1. The molecule has 0 aliphatic carbocycles. The Morgan fingerprint density at radius 3 is 1.33 bits per heavy atom. The predicted octanol–water partition coefficient (Wildman–Crippen LogP) is 2.58. The van der Waals surface area contributed by atoms with Gasteiger partial charge in [0.15, 0.2) is 0 Å². The van der Waals surface area contributed by atoms with E-state index in [0.717, 1.165) is 6.07 Å². The summed E-state index contributed by atoms with van der Waals surface area (Å²) < 4.78 is 128. The second kappa shape index (κ2) is 24.0. The zero-order chi connectivity index (χ0) is 51.3. The fraction of sp³-hybridized carbons (Fsp3) is 0.333. The Morgan fingerprint density at radius 1 is 0.500 bits per heavy atom. The van der Waals surface area contributed by atoms with E-state index in [4.69, 9.17) is 29.8 Å². The molecule has 12 heteroatoms. The summed E-state index contributed by atoms with van der Waals surface area (Å²) in [5, 5.41) is 83.2. The molecule has 0 aromatic heterocycles. The Kier molecular flexibility index (Phi) is 10.5. The van der Waals surface area contributed by atoms with Gasteiger partial charge < -0.3 is 62.1 Å². The molecular formula is C36H52N4O8. The van der Waals surface area contributed by atoms with E-state index in [2.05, 4.69) is 10.6 Å². The van der Waals surface area contributed by atoms with Crippen LogP contribution in [0.4, 0.5) is 0 Å². The van der Waals surface area contributed by atoms with Crippen molar-refractivity contribution in [3.63, 3.8) is 0 Å². The van der Waals surface area contributed by atoms with Crippen molar-refractivity contribution in [2.24, 2.45) is 0 Å². The largest absolute Gasteiger partial charge is 0.508 e. The van der Waals surface area contributed by atoms with Gasteiger partial charge in [0.2, 0.25) is 0 Å². The van der Waals surface area contributed by atoms with Crippen LogP contribution in [0, 0.1) is 0 Å². The summed E-state index contributed by atoms with van der Waals surface area (Å²) in [4.78, 5) is 0. The summed E-state index contributed by atoms with van der Waals surface area (Å²) in [6.45, 7) is -16.2. The van der Waals surface area contributed by atoms with Crippen molar-refractivity contribution in [2.45, 2.75) is 24.4 Å². The predicted molar refractivity (Wildman–Crippen MR) is 188 cm³/mol. The topological polar surface area (TPSA) is 210 Å². The Bertz CT molecular complexity index is 2100. The number of likely N-dealkylation sites (N-methyl/N-ethyl adjacent to an activating group) is 4. The van der Waals surface area contributed by atoms with Crippen LogP contribution in [0.3, 0.4) is 0 Å². The monoisotopic (exact) mass is 686 g/mol. The van der Waals surface area contributed by atoms with Crippen LogP contribution in [0.25, 0.3) is 0 Å². The molecule has 0 unspecified atom stereocenters. The van der Waals surface area contributed by atoms with Crippen molar-refractivity contribution >= 4 is 0 Å². The number of aromatic hydroxyl groups is 4. The Labute approximate surface area is 308 Å². The molecule has 264 valence electrons. The number of nitrogens with one attached hydrogen (secondary N) is 4. The molecule has 0 spiro atoms. The normalized spacial score (nSPS) is 21.3. The molecule has 12 nitrogen and oxygen atoms in total. The molecule has 0 amide bonds. The van der Waals surface area contributed by atoms with Crippen molar-refractivity contribution in [3.05, 3.63) is 119 Å². The lowest BCUT2D eigenvalue weighted by molar-refractivity contribution is 0.177. The van der Waals surface area contributed by atoms with Gasteiger partial charge in [-0.2, -0.15) is 0 Å². The Hall–Kier alpha value is -4.24. The van der Waals surface area contributed by atoms with E-state index in [1.807, 2.05) is 0 Å². The number of phenols is 4. The average molecular weight is 687 g/mol. The third kappa shape index (κ3) is 17.1. The van der Waals surface area contributed by atoms with Gasteiger partial charge >= 0.3 is 0 Å². The van der Waals surface area contributed by atoms with Gasteiger partial charge in [-0.05, 0) is 98.7 Å². The van der Waals surface area contributed by atoms with Gasteiger partial charge in [0.25, 0.3) is 0 Å². The lowest BCUT2D eigenvalue weighted by atomic mass is 10.1. The number of aliphatic hydroxyl groups is 4. The maximum atomic E-state index is 9.87. The molecule has 4 atom stereocenters. The number of benzene rings is 4. The smallest absolute Gasteiger partial charge is 0.115 e. The minimum Gasteiger partial charge on any atom is -0.508 e. The number of hydrogen-bond donors (Lipinski definition) is 12. The number of hydrogen-bond acceptors (Lipinski definition) is 12. The quantitative estimate of drug-likeness (QED) is 0.104. The van der Waals surface area contributed by atoms with Crippen LogP contribution < -0.4 is 21.3 Å². The van der Waals surface area contributed by atoms with Crippen LogP contribution in [0.2, 0.25) is 0 Å². The van der Waals surface area contributed by atoms with E-state index < -0.39 is 71.8 Å². The van der Waals surface area contributed by atoms with Gasteiger partial charge in [0.05, 0.1) is 27.1 Å². The van der Waals surface area contributed by atoms with E-state index in [1.165, 1.54) is 78.9 Å². The maximum absolute atomic E-state index is 9.87. The first-order valence-corrected chi connectivity index (χ1v) is 13.7. The molecule has 0 saturated heterocycles. The number of rotatable bonds is 12. The van der Waals surface area contributed by atoms with Crippen molar-refractivity contribution in [2.75, 3.05) is 54.0 Å². The molecule has 0 heterocycles. The van der Waals surface area contributed by atoms with Gasteiger partial charge in [0, 0.05) is 48.0 Å². The van der Waals surface area contributed by atoms with E-state index in [9.17, 15) is 35.7 Å². The van der Waals surface area contributed by atoms with Crippen molar-refractivity contribution in [1.29, 1.82) is 0 Å². The first-order chi connectivity index (χ1) is 29.7. The second-order valence-electron chi connectivity index (χ2n) is 9.26. The van der Waals surface area contributed by atoms with Gasteiger partial charge in [-0.25, -0.2) is 0 Å². The Balaban J connectivity index is 0.000000441. The molecule has 4 aromatic rings. The fourth-order valence-electron chi connectivity index (χ4n) is 3.45. The molecule has 0 bridgehead atoms. The van der Waals surface area contributed by atoms with E-state index in [-0.39, 0.29) is 46.2 Å². The number of phenolic OH excluding ortho intramolecular Hbond substituents is 4. The molecule has 0 saturated carbocycles. The fourth-order valence-corrected chi connectivity index (χ4v) is 3.45. The van der Waals surface area contributed by atoms with Gasteiger partial charge in [0.1, 0.15) is 23.0 Å². The van der Waals surface area contributed by atoms with Crippen LogP contribution in [0.15, 0.2) is 97.1 Å². The van der Waals surface area contributed by atoms with Crippen LogP contribution in [-0.2, 0) is 0 Å². The molecule has 0 fully saturated rings. The highest BCUT2D eigenvalue weighted by molar-refractivity contribution is 5.31. The Morgan fingerprint density at radius 2 is 0.875 bits per heavy atom. The first-order valence-electron chi connectivity index (χ1n) is 22.7. The third-order valence-electron chi connectivity index (χ3n) is 5.68. The first kappa shape index (κ1) is 21.0. The zero-order valence-corrected chi connectivity index (χ0v) is 25.4. The third-order valence-corrected chi connectivity index (χ3v) is 5.68. The lowest BCUT2D eigenvalue weighted by Gasteiger charge is -2.09. The minimum atomic E-state index is -2.92. The van der Waals surface area contributed by atoms with Crippen LogP contribution in [0.1, 0.15) is 71.3 Å². The second-order valence-corrected chi connectivity index (χ2v) is 9.26. The number of aliphatic hydroxyl groups excluding tert-OH is 2. The lowest BCUT2D eigenvalue weighted by Crippen LogP contribution is -2.16. The standard InChI is InChI=1S/4C9H13NO2/c4*1-10-6-9(12)7-3-2-4-8(11)5-7/h4*2-5,9-12H,6H2,1H3/t4*9-/m1111/s1/i1D3,6D2,9D;1D3,9D;1D3,6D2;1D3. The molecule has 4 rings (SSSR count). The highest BCUT2D eigenvalue weighted by Crippen LogP contribution is 2.19. The molecule has 0 aliphatic heterocycles. The van der Waals surface area contributed by atoms with Crippen molar-refractivity contribution in [1.82, 2.24) is 21.3 Å². The van der Waals surface area contributed by atoms with Crippen LogP contribution in [0.5, 0.6) is 23.0 Å². The minimum absolute atomic E-state index is 0.0421. The van der Waals surface area contributed by atoms with Crippen molar-refractivity contribution < 1.29 is 65.5 Å². The summed E-state index contributed by atoms with van der Waals surface area (Å²) in [5.41, 5.74) is 0.437. The molecule has 48 heavy (non-hydrogen) atoms. The maximum Gasteiger partial charge on any atom is 0.115 e. The summed E-state index contributed by atoms with van der Waals surface area (Å²) in [6.07, 6.45) is -7.60. The zero-order valence-electron chi connectivity index (χ0n) is 43.4. The molecular weight excluding hydrogens is 616 g/mol. The summed E-state index contributed by atoms with van der Waals surface area (Å²) in [6, 6.07) is 21.8. The molecule has 4 aromatic carbocycles. The summed E-state index contributed by atoms with van der Waals surface area (Å²) in [5.74, 6) is -0.438. The van der Waals surface area contributed by atoms with Crippen molar-refractivity contribution in [3.8, 4) is 23.0 Å². The van der Waals surface area contributed by atoms with E-state index in [0.29, 0.717) is 5.56 Å². The molecule has 0 aliphatic rings. The van der Waals surface area contributed by atoms with E-state index >= 15 is 0 Å². The van der Waals surface area contributed by atoms with Crippen LogP contribution >= 0.6 is 0 Å². The highest BCUT2D eigenvalue weighted by atomic mass is 16.3. The molecule has 12 N–H and O–H groups in total. The van der Waals surface area contributed by atoms with Gasteiger partial charge in [-0.3, -0.25) is 0 Å². The summed E-state index contributed by atoms with van der Waals surface area (Å²) >= 11 is 0. The van der Waals surface area contributed by atoms with E-state index in [1.54, 1.807) is 22.8 Å². The molecule has 0 radical (unpaired) electrons. The average Bonchev–Trinajstić information content (AvgIpc) is 3.14.